The zero-order valence-electron chi connectivity index (χ0n) is 48.5. The Labute approximate surface area is 443 Å². The van der Waals surface area contributed by atoms with E-state index in [1.54, 1.807) is 0 Å². The molecule has 0 heterocycles. The molecule has 0 radical (unpaired) electrons. The second-order valence-corrected chi connectivity index (χ2v) is 24.5. The average Bonchev–Trinajstić information content (AvgIpc) is 3.33. The molecule has 0 aliphatic carbocycles. The number of hydrogen-bond acceptors (Lipinski definition) is 6. The molecule has 0 saturated carbocycles. The van der Waals surface area contributed by atoms with Gasteiger partial charge in [-0.2, -0.15) is 0 Å². The lowest BCUT2D eigenvalue weighted by Gasteiger charge is -2.30. The molecule has 0 saturated heterocycles. The van der Waals surface area contributed by atoms with Crippen LogP contribution in [0.1, 0.15) is 328 Å². The number of nitrogens with zero attached hydrogens (tertiary/aromatic N) is 1. The highest BCUT2D eigenvalue weighted by Crippen LogP contribution is 2.38. The predicted molar refractivity (Wildman–Crippen MR) is 307 cm³/mol. The fourth-order valence-corrected chi connectivity index (χ4v) is 10.5. The Morgan fingerprint density at radius 2 is 0.775 bits per heavy atom. The number of allylic oxidation sites excluding steroid dienone is 2. The van der Waals surface area contributed by atoms with E-state index < -0.39 is 20.0 Å². The molecule has 424 valence electrons. The summed E-state index contributed by atoms with van der Waals surface area (Å²) < 4.78 is 23.5. The number of nitrogens with one attached hydrogen (secondary N) is 1. The molecular formula is C62H125N2O6P. The van der Waals surface area contributed by atoms with Crippen LogP contribution in [0.3, 0.4) is 0 Å². The van der Waals surface area contributed by atoms with Gasteiger partial charge in [-0.15, -0.1) is 0 Å². The van der Waals surface area contributed by atoms with Gasteiger partial charge in [0.2, 0.25) is 5.91 Å². The number of rotatable bonds is 59. The molecule has 8 nitrogen and oxygen atoms in total. The van der Waals surface area contributed by atoms with Gasteiger partial charge in [0.15, 0.2) is 0 Å². The van der Waals surface area contributed by atoms with Gasteiger partial charge in [-0.05, 0) is 38.5 Å². The highest BCUT2D eigenvalue weighted by molar-refractivity contribution is 7.45. The number of phosphoric acid groups is 1. The van der Waals surface area contributed by atoms with Crippen molar-refractivity contribution in [3.8, 4) is 0 Å². The van der Waals surface area contributed by atoms with Crippen LogP contribution in [0.4, 0.5) is 0 Å². The Kier molecular flexibility index (Phi) is 53.5. The smallest absolute Gasteiger partial charge is 0.268 e. The Morgan fingerprint density at radius 3 is 1.10 bits per heavy atom. The van der Waals surface area contributed by atoms with Gasteiger partial charge < -0.3 is 28.8 Å². The number of carbonyl (C=O) groups excluding carboxylic acids is 1. The molecule has 0 aromatic heterocycles. The first-order valence-electron chi connectivity index (χ1n) is 31.5. The van der Waals surface area contributed by atoms with Crippen LogP contribution in [0.15, 0.2) is 12.2 Å². The van der Waals surface area contributed by atoms with E-state index in [1.165, 1.54) is 263 Å². The normalized spacial score (nSPS) is 13.8. The molecular weight excluding hydrogens is 900 g/mol. The van der Waals surface area contributed by atoms with Crippen molar-refractivity contribution in [3.63, 3.8) is 0 Å². The molecule has 1 amide bonds. The summed E-state index contributed by atoms with van der Waals surface area (Å²) in [7, 11) is 1.32. The SMILES string of the molecule is CCCCCCCCCCCCCC/C=C\CCCCCCCCCCCCCCCCCCC(=O)NC(COP(=O)([O-])OCC[N+](C)(C)C)C(O)CCCCCCCCCCCCCCCCCCC. The van der Waals surface area contributed by atoms with E-state index in [9.17, 15) is 19.4 Å². The fourth-order valence-electron chi connectivity index (χ4n) is 9.80. The van der Waals surface area contributed by atoms with E-state index in [4.69, 9.17) is 9.05 Å². The number of hydrogen-bond donors (Lipinski definition) is 2. The third kappa shape index (κ3) is 56.8. The van der Waals surface area contributed by atoms with E-state index in [2.05, 4.69) is 31.3 Å². The van der Waals surface area contributed by atoms with Gasteiger partial charge in [0.05, 0.1) is 39.9 Å². The molecule has 0 aliphatic heterocycles. The summed E-state index contributed by atoms with van der Waals surface area (Å²) in [6.45, 7) is 4.77. The molecule has 0 aromatic carbocycles. The summed E-state index contributed by atoms with van der Waals surface area (Å²) in [5.74, 6) is -0.158. The lowest BCUT2D eigenvalue weighted by atomic mass is 10.0. The van der Waals surface area contributed by atoms with Crippen LogP contribution in [0.5, 0.6) is 0 Å². The van der Waals surface area contributed by atoms with Gasteiger partial charge in [-0.1, -0.05) is 296 Å². The first-order valence-corrected chi connectivity index (χ1v) is 33.0. The molecule has 0 fully saturated rings. The summed E-state index contributed by atoms with van der Waals surface area (Å²) in [5, 5.41) is 14.0. The minimum absolute atomic E-state index is 0.0154. The van der Waals surface area contributed by atoms with Gasteiger partial charge in [0.1, 0.15) is 13.2 Å². The minimum Gasteiger partial charge on any atom is -0.756 e. The maximum Gasteiger partial charge on any atom is 0.268 e. The lowest BCUT2D eigenvalue weighted by molar-refractivity contribution is -0.870. The van der Waals surface area contributed by atoms with Crippen LogP contribution in [0.2, 0.25) is 0 Å². The van der Waals surface area contributed by atoms with E-state index in [1.807, 2.05) is 21.1 Å². The summed E-state index contributed by atoms with van der Waals surface area (Å²) in [4.78, 5) is 25.6. The highest BCUT2D eigenvalue weighted by Gasteiger charge is 2.24. The molecule has 9 heteroatoms. The molecule has 71 heavy (non-hydrogen) atoms. The minimum atomic E-state index is -4.57. The van der Waals surface area contributed by atoms with Crippen molar-refractivity contribution >= 4 is 13.7 Å². The number of likely N-dealkylation sites (N-methyl/N-ethyl adjacent to an activating group) is 1. The van der Waals surface area contributed by atoms with Crippen molar-refractivity contribution in [2.75, 3.05) is 40.9 Å². The van der Waals surface area contributed by atoms with Gasteiger partial charge in [0.25, 0.3) is 7.82 Å². The molecule has 0 aromatic rings. The number of unbranched alkanes of at least 4 members (excludes halogenated alkanes) is 44. The van der Waals surface area contributed by atoms with Crippen molar-refractivity contribution in [1.82, 2.24) is 5.32 Å². The summed E-state index contributed by atoms with van der Waals surface area (Å²) >= 11 is 0. The Balaban J connectivity index is 3.99. The molecule has 0 bridgehead atoms. The van der Waals surface area contributed by atoms with Gasteiger partial charge >= 0.3 is 0 Å². The van der Waals surface area contributed by atoms with Crippen LogP contribution in [-0.2, 0) is 18.4 Å². The standard InChI is InChI=1S/C62H125N2O6P/c1-6-8-10-12-14-16-18-20-22-24-25-26-27-28-29-30-31-32-33-34-35-36-37-38-40-42-44-46-48-50-52-54-56-62(66)63-60(59-70-71(67,68)69-58-57-64(3,4)5)61(65)55-53-51-49-47-45-43-41-39-23-21-19-17-15-13-11-9-7-2/h28-29,60-61,65H,6-27,30-59H2,1-5H3,(H-,63,66,67,68)/b29-28-. The van der Waals surface area contributed by atoms with Crippen LogP contribution in [0, 0.1) is 0 Å². The first-order chi connectivity index (χ1) is 34.5. The quantitative estimate of drug-likeness (QED) is 0.0272. The van der Waals surface area contributed by atoms with Gasteiger partial charge in [-0.3, -0.25) is 9.36 Å². The van der Waals surface area contributed by atoms with Crippen molar-refractivity contribution in [2.24, 2.45) is 0 Å². The number of aliphatic hydroxyl groups is 1. The van der Waals surface area contributed by atoms with E-state index >= 15 is 0 Å². The van der Waals surface area contributed by atoms with Crippen molar-refractivity contribution < 1.29 is 32.9 Å². The molecule has 0 rings (SSSR count). The lowest BCUT2D eigenvalue weighted by Crippen LogP contribution is -2.46. The third-order valence-corrected chi connectivity index (χ3v) is 15.7. The average molecular weight is 1030 g/mol. The number of phosphoric ester groups is 1. The number of carbonyl (C=O) groups is 1. The predicted octanol–water partition coefficient (Wildman–Crippen LogP) is 18.8. The first kappa shape index (κ1) is 70.2. The number of aliphatic hydroxyl groups excluding tert-OH is 1. The highest BCUT2D eigenvalue weighted by atomic mass is 31.2. The van der Waals surface area contributed by atoms with Crippen molar-refractivity contribution in [3.05, 3.63) is 12.2 Å². The van der Waals surface area contributed by atoms with Crippen LogP contribution >= 0.6 is 7.82 Å². The van der Waals surface area contributed by atoms with Gasteiger partial charge in [-0.25, -0.2) is 0 Å². The van der Waals surface area contributed by atoms with Crippen LogP contribution in [0.25, 0.3) is 0 Å². The third-order valence-electron chi connectivity index (χ3n) is 14.8. The Morgan fingerprint density at radius 1 is 0.479 bits per heavy atom. The second-order valence-electron chi connectivity index (χ2n) is 23.1. The van der Waals surface area contributed by atoms with Crippen LogP contribution < -0.4 is 10.2 Å². The van der Waals surface area contributed by atoms with E-state index in [0.29, 0.717) is 23.9 Å². The summed E-state index contributed by atoms with van der Waals surface area (Å²) in [6.07, 6.45) is 66.9. The number of amides is 1. The van der Waals surface area contributed by atoms with E-state index in [0.717, 1.165) is 38.5 Å². The van der Waals surface area contributed by atoms with E-state index in [-0.39, 0.29) is 19.1 Å². The Bertz CT molecular complexity index is 1160. The maximum atomic E-state index is 13.0. The van der Waals surface area contributed by atoms with Crippen molar-refractivity contribution in [1.29, 1.82) is 0 Å². The summed E-state index contributed by atoms with van der Waals surface area (Å²) in [6, 6.07) is -0.797. The second kappa shape index (κ2) is 54.0. The monoisotopic (exact) mass is 1020 g/mol. The van der Waals surface area contributed by atoms with Crippen LogP contribution in [-0.4, -0.2) is 68.5 Å². The number of quaternary nitrogens is 1. The van der Waals surface area contributed by atoms with Gasteiger partial charge in [0, 0.05) is 6.42 Å². The molecule has 3 atom stereocenters. The molecule has 2 N–H and O–H groups in total. The zero-order chi connectivity index (χ0) is 52.0. The summed E-state index contributed by atoms with van der Waals surface area (Å²) in [5.41, 5.74) is 0. The largest absolute Gasteiger partial charge is 0.756 e. The fraction of sp³-hybridized carbons (Fsp3) is 0.952. The zero-order valence-corrected chi connectivity index (χ0v) is 49.4. The molecule has 0 aliphatic rings. The molecule has 3 unspecified atom stereocenters. The Hall–Kier alpha value is -0.760. The van der Waals surface area contributed by atoms with Crippen molar-refractivity contribution in [2.45, 2.75) is 341 Å². The maximum absolute atomic E-state index is 13.0. The topological polar surface area (TPSA) is 108 Å². The molecule has 0 spiro atoms.